The highest BCUT2D eigenvalue weighted by atomic mass is 31.2. The summed E-state index contributed by atoms with van der Waals surface area (Å²) in [5, 5.41) is 0. The first-order valence-corrected chi connectivity index (χ1v) is 8.54. The second-order valence-corrected chi connectivity index (χ2v) is 7.83. The standard InChI is InChI=1S/C13H28N3O2P/c1-8-11-17-19(7,18-13(2,3)4)14-12-15(5)9-10-16(12)6/h7-11H2,1-6H3. The van der Waals surface area contributed by atoms with Gasteiger partial charge < -0.3 is 18.8 Å². The van der Waals surface area contributed by atoms with E-state index >= 15 is 0 Å². The summed E-state index contributed by atoms with van der Waals surface area (Å²) in [6.45, 7) is 10.6. The van der Waals surface area contributed by atoms with Gasteiger partial charge >= 0.3 is 0 Å². The summed E-state index contributed by atoms with van der Waals surface area (Å²) >= 11 is 0. The van der Waals surface area contributed by atoms with Crippen LogP contribution in [0.4, 0.5) is 0 Å². The number of hydrogen-bond acceptors (Lipinski definition) is 3. The maximum atomic E-state index is 6.02. The van der Waals surface area contributed by atoms with Gasteiger partial charge in [-0.15, -0.1) is 0 Å². The fourth-order valence-corrected chi connectivity index (χ4v) is 3.87. The number of likely N-dealkylation sites (N-methyl/N-ethyl adjacent to an activating group) is 2. The van der Waals surface area contributed by atoms with E-state index in [0.29, 0.717) is 6.61 Å². The molecule has 0 amide bonds. The minimum absolute atomic E-state index is 0.316. The Bertz CT molecular complexity index is 365. The summed E-state index contributed by atoms with van der Waals surface area (Å²) in [4.78, 5) is 4.22. The van der Waals surface area contributed by atoms with Crippen LogP contribution in [0.25, 0.3) is 0 Å². The largest absolute Gasteiger partial charge is 0.344 e. The molecule has 0 radical (unpaired) electrons. The van der Waals surface area contributed by atoms with E-state index in [1.54, 1.807) is 0 Å². The fourth-order valence-electron chi connectivity index (χ4n) is 1.82. The molecule has 0 aliphatic carbocycles. The van der Waals surface area contributed by atoms with Gasteiger partial charge in [-0.1, -0.05) is 6.92 Å². The molecule has 0 aromatic carbocycles. The maximum Gasteiger partial charge on any atom is 0.237 e. The third kappa shape index (κ3) is 5.17. The number of rotatable bonds is 5. The van der Waals surface area contributed by atoms with Gasteiger partial charge in [0, 0.05) is 27.2 Å². The zero-order valence-corrected chi connectivity index (χ0v) is 14.0. The minimum Gasteiger partial charge on any atom is -0.344 e. The van der Waals surface area contributed by atoms with Crippen molar-refractivity contribution in [1.82, 2.24) is 9.80 Å². The van der Waals surface area contributed by atoms with Gasteiger partial charge in [0.2, 0.25) is 13.5 Å². The van der Waals surface area contributed by atoms with Crippen molar-refractivity contribution in [3.8, 4) is 0 Å². The third-order valence-corrected chi connectivity index (χ3v) is 4.51. The van der Waals surface area contributed by atoms with Gasteiger partial charge in [-0.25, -0.2) is 0 Å². The van der Waals surface area contributed by atoms with Crippen LogP contribution in [-0.2, 0) is 9.05 Å². The Hall–Kier alpha value is -0.510. The summed E-state index contributed by atoms with van der Waals surface area (Å²) in [5.74, 6) is 0.906. The van der Waals surface area contributed by atoms with Gasteiger partial charge in [-0.2, -0.15) is 4.76 Å². The van der Waals surface area contributed by atoms with Gasteiger partial charge in [0.1, 0.15) is 0 Å². The molecule has 0 aromatic rings. The van der Waals surface area contributed by atoms with E-state index in [9.17, 15) is 0 Å². The van der Waals surface area contributed by atoms with Crippen LogP contribution in [0.15, 0.2) is 4.76 Å². The molecule has 1 atom stereocenters. The van der Waals surface area contributed by atoms with Crippen molar-refractivity contribution in [3.05, 3.63) is 0 Å². The average Bonchev–Trinajstić information content (AvgIpc) is 2.56. The topological polar surface area (TPSA) is 37.3 Å². The normalized spacial score (nSPS) is 19.8. The predicted octanol–water partition coefficient (Wildman–Crippen LogP) is 2.66. The van der Waals surface area contributed by atoms with E-state index in [-0.39, 0.29) is 5.60 Å². The molecule has 1 fully saturated rings. The number of hydrogen-bond donors (Lipinski definition) is 0. The van der Waals surface area contributed by atoms with Gasteiger partial charge in [-0.3, -0.25) is 0 Å². The highest BCUT2D eigenvalue weighted by Gasteiger charge is 2.28. The lowest BCUT2D eigenvalue weighted by atomic mass is 10.2. The first-order valence-electron chi connectivity index (χ1n) is 6.78. The van der Waals surface area contributed by atoms with E-state index < -0.39 is 7.49 Å². The smallest absolute Gasteiger partial charge is 0.237 e. The highest BCUT2D eigenvalue weighted by Crippen LogP contribution is 2.53. The Morgan fingerprint density at radius 2 is 1.79 bits per heavy atom. The van der Waals surface area contributed by atoms with Gasteiger partial charge in [0.05, 0.1) is 12.2 Å². The van der Waals surface area contributed by atoms with Crippen molar-refractivity contribution < 1.29 is 9.05 Å². The third-order valence-electron chi connectivity index (χ3n) is 2.61. The molecule has 6 heteroatoms. The van der Waals surface area contributed by atoms with Crippen molar-refractivity contribution in [2.45, 2.75) is 39.7 Å². The lowest BCUT2D eigenvalue weighted by molar-refractivity contribution is 0.116. The van der Waals surface area contributed by atoms with E-state index in [2.05, 4.69) is 23.0 Å². The first kappa shape index (κ1) is 16.5. The first-order chi connectivity index (χ1) is 8.67. The molecule has 19 heavy (non-hydrogen) atoms. The molecule has 0 N–H and O–H groups in total. The van der Waals surface area contributed by atoms with E-state index in [0.717, 1.165) is 25.5 Å². The molecule has 0 aromatic heterocycles. The van der Waals surface area contributed by atoms with Crippen LogP contribution in [0.5, 0.6) is 0 Å². The monoisotopic (exact) mass is 289 g/mol. The van der Waals surface area contributed by atoms with E-state index in [4.69, 9.17) is 13.8 Å². The summed E-state index contributed by atoms with van der Waals surface area (Å²) in [7, 11) is 1.59. The lowest BCUT2D eigenvalue weighted by Gasteiger charge is -2.30. The molecule has 1 aliphatic rings. The second kappa shape index (κ2) is 6.29. The molecular weight excluding hydrogens is 261 g/mol. The minimum atomic E-state index is -2.48. The van der Waals surface area contributed by atoms with Crippen LogP contribution < -0.4 is 0 Å². The van der Waals surface area contributed by atoms with Gasteiger partial charge in [0.25, 0.3) is 0 Å². The molecule has 112 valence electrons. The van der Waals surface area contributed by atoms with Gasteiger partial charge in [-0.05, 0) is 33.5 Å². The fraction of sp³-hybridized carbons (Fsp3) is 0.846. The van der Waals surface area contributed by atoms with Crippen LogP contribution in [0, 0.1) is 0 Å². The summed E-state index contributed by atoms with van der Waals surface area (Å²) < 4.78 is 16.6. The van der Waals surface area contributed by atoms with E-state index in [1.807, 2.05) is 34.9 Å². The van der Waals surface area contributed by atoms with Crippen molar-refractivity contribution in [2.75, 3.05) is 33.8 Å². The Morgan fingerprint density at radius 1 is 1.26 bits per heavy atom. The molecule has 1 aliphatic heterocycles. The summed E-state index contributed by atoms with van der Waals surface area (Å²) in [6.07, 6.45) is 5.08. The SMILES string of the molecule is C=P(N=C1N(C)CCN1C)(OCCC)OC(C)(C)C. The maximum absolute atomic E-state index is 6.02. The molecule has 1 unspecified atom stereocenters. The highest BCUT2D eigenvalue weighted by molar-refractivity contribution is 7.63. The van der Waals surface area contributed by atoms with Gasteiger partial charge in [0.15, 0.2) is 0 Å². The van der Waals surface area contributed by atoms with Crippen molar-refractivity contribution in [1.29, 1.82) is 0 Å². The average molecular weight is 289 g/mol. The molecule has 1 rings (SSSR count). The van der Waals surface area contributed by atoms with Crippen LogP contribution in [0.2, 0.25) is 0 Å². The Balaban J connectivity index is 2.96. The van der Waals surface area contributed by atoms with Crippen molar-refractivity contribution in [3.63, 3.8) is 0 Å². The van der Waals surface area contributed by atoms with Crippen LogP contribution in [0.1, 0.15) is 34.1 Å². The lowest BCUT2D eigenvalue weighted by Crippen LogP contribution is -2.29. The second-order valence-electron chi connectivity index (χ2n) is 5.92. The molecule has 0 saturated carbocycles. The predicted molar refractivity (Wildman–Crippen MR) is 83.8 cm³/mol. The van der Waals surface area contributed by atoms with Crippen LogP contribution in [-0.4, -0.2) is 61.5 Å². The molecule has 0 spiro atoms. The molecule has 1 heterocycles. The Labute approximate surface area is 117 Å². The van der Waals surface area contributed by atoms with Crippen LogP contribution in [0.3, 0.4) is 0 Å². The zero-order valence-electron chi connectivity index (χ0n) is 13.1. The van der Waals surface area contributed by atoms with Crippen molar-refractivity contribution >= 4 is 19.7 Å². The summed E-state index contributed by atoms with van der Waals surface area (Å²) in [6, 6.07) is 0. The molecule has 5 nitrogen and oxygen atoms in total. The molecule has 1 saturated heterocycles. The number of nitrogens with zero attached hydrogens (tertiary/aromatic N) is 3. The quantitative estimate of drug-likeness (QED) is 0.729. The Morgan fingerprint density at radius 3 is 2.21 bits per heavy atom. The molecular formula is C13H28N3O2P. The van der Waals surface area contributed by atoms with Crippen LogP contribution >= 0.6 is 7.49 Å². The summed E-state index contributed by atoms with van der Waals surface area (Å²) in [5.41, 5.74) is -0.316. The zero-order chi connectivity index (χ0) is 14.7. The molecule has 0 bridgehead atoms. The van der Waals surface area contributed by atoms with Crippen molar-refractivity contribution in [2.24, 2.45) is 4.76 Å². The van der Waals surface area contributed by atoms with E-state index in [1.165, 1.54) is 0 Å². The Kier molecular flexibility index (Phi) is 5.48. The number of guanidine groups is 1.